The third-order valence-electron chi connectivity index (χ3n) is 4.68. The summed E-state index contributed by atoms with van der Waals surface area (Å²) in [6.07, 6.45) is 4.25. The van der Waals surface area contributed by atoms with Gasteiger partial charge in [-0.25, -0.2) is 0 Å². The molecule has 0 radical (unpaired) electrons. The molecule has 2 aliphatic rings. The van der Waals surface area contributed by atoms with Crippen molar-refractivity contribution < 1.29 is 19.0 Å². The predicted octanol–water partition coefficient (Wildman–Crippen LogP) is 3.14. The molecule has 1 aliphatic carbocycles. The molecular weight excluding hydrogens is 256 g/mol. The number of ether oxygens (including phenoxy) is 3. The summed E-state index contributed by atoms with van der Waals surface area (Å²) in [5.74, 6) is 0.664. The van der Waals surface area contributed by atoms with Crippen LogP contribution in [0.2, 0.25) is 0 Å². The summed E-state index contributed by atoms with van der Waals surface area (Å²) in [6, 6.07) is 0. The minimum Gasteiger partial charge on any atom is -0.463 e. The van der Waals surface area contributed by atoms with Crippen molar-refractivity contribution in [3.05, 3.63) is 0 Å². The van der Waals surface area contributed by atoms with Crippen molar-refractivity contribution in [2.75, 3.05) is 13.2 Å². The van der Waals surface area contributed by atoms with Crippen LogP contribution in [0.1, 0.15) is 53.4 Å². The van der Waals surface area contributed by atoms with Crippen molar-refractivity contribution in [1.82, 2.24) is 0 Å². The molecule has 0 bridgehead atoms. The second-order valence-corrected chi connectivity index (χ2v) is 6.60. The van der Waals surface area contributed by atoms with E-state index in [0.717, 1.165) is 19.3 Å². The third kappa shape index (κ3) is 3.73. The molecular formula is C16H28O4. The molecule has 1 saturated carbocycles. The number of hydrogen-bond acceptors (Lipinski definition) is 4. The lowest BCUT2D eigenvalue weighted by Crippen LogP contribution is -2.28. The maximum atomic E-state index is 12.3. The fraction of sp³-hybridized carbons (Fsp3) is 0.938. The number of esters is 1. The number of carbonyl (C=O) groups is 1. The highest BCUT2D eigenvalue weighted by Crippen LogP contribution is 2.40. The molecule has 0 N–H and O–H groups in total. The third-order valence-corrected chi connectivity index (χ3v) is 4.68. The molecule has 1 heterocycles. The Morgan fingerprint density at radius 3 is 2.55 bits per heavy atom. The van der Waals surface area contributed by atoms with Crippen molar-refractivity contribution in [2.45, 2.75) is 65.3 Å². The first-order valence-electron chi connectivity index (χ1n) is 7.93. The Bertz CT molecular complexity index is 339. The topological polar surface area (TPSA) is 44.8 Å². The molecule has 0 aromatic carbocycles. The Kier molecular flexibility index (Phi) is 5.08. The molecule has 0 aromatic rings. The molecule has 4 heteroatoms. The Morgan fingerprint density at radius 1 is 1.25 bits per heavy atom. The van der Waals surface area contributed by atoms with E-state index in [9.17, 15) is 4.79 Å². The highest BCUT2D eigenvalue weighted by Gasteiger charge is 2.39. The largest absolute Gasteiger partial charge is 0.463 e. The molecule has 4 unspecified atom stereocenters. The number of rotatable bonds is 5. The summed E-state index contributed by atoms with van der Waals surface area (Å²) < 4.78 is 16.6. The molecule has 20 heavy (non-hydrogen) atoms. The van der Waals surface area contributed by atoms with Gasteiger partial charge in [0.2, 0.25) is 0 Å². The monoisotopic (exact) mass is 284 g/mol. The van der Waals surface area contributed by atoms with Crippen molar-refractivity contribution in [1.29, 1.82) is 0 Å². The van der Waals surface area contributed by atoms with Gasteiger partial charge in [0.1, 0.15) is 12.7 Å². The van der Waals surface area contributed by atoms with Crippen LogP contribution in [0.4, 0.5) is 0 Å². The van der Waals surface area contributed by atoms with Crippen molar-refractivity contribution in [3.8, 4) is 0 Å². The molecule has 0 spiro atoms. The highest BCUT2D eigenvalue weighted by molar-refractivity contribution is 5.73. The van der Waals surface area contributed by atoms with E-state index in [0.29, 0.717) is 25.0 Å². The SMILES string of the molecule is CCC1CC(CC)C(C(=O)OCC2COC(C)(C)O2)C1. The Hall–Kier alpha value is -0.610. The Balaban J connectivity index is 1.80. The van der Waals surface area contributed by atoms with Crippen LogP contribution in [0.5, 0.6) is 0 Å². The molecule has 0 aromatic heterocycles. The van der Waals surface area contributed by atoms with Crippen LogP contribution in [-0.2, 0) is 19.0 Å². The molecule has 4 atom stereocenters. The lowest BCUT2D eigenvalue weighted by atomic mass is 9.94. The summed E-state index contributed by atoms with van der Waals surface area (Å²) in [7, 11) is 0. The predicted molar refractivity (Wildman–Crippen MR) is 76.1 cm³/mol. The van der Waals surface area contributed by atoms with Crippen molar-refractivity contribution >= 4 is 5.97 Å². The summed E-state index contributed by atoms with van der Waals surface area (Å²) >= 11 is 0. The first-order valence-corrected chi connectivity index (χ1v) is 7.93. The van der Waals surface area contributed by atoms with E-state index in [4.69, 9.17) is 14.2 Å². The van der Waals surface area contributed by atoms with Crippen LogP contribution < -0.4 is 0 Å². The minimum absolute atomic E-state index is 0.0406. The van der Waals surface area contributed by atoms with E-state index in [-0.39, 0.29) is 18.0 Å². The Labute approximate surface area is 122 Å². The first kappa shape index (κ1) is 15.8. The van der Waals surface area contributed by atoms with Gasteiger partial charge in [0.15, 0.2) is 5.79 Å². The lowest BCUT2D eigenvalue weighted by molar-refractivity contribution is -0.162. The summed E-state index contributed by atoms with van der Waals surface area (Å²) in [5, 5.41) is 0. The highest BCUT2D eigenvalue weighted by atomic mass is 16.7. The standard InChI is InChI=1S/C16H28O4/c1-5-11-7-12(6-2)14(8-11)15(17)18-9-13-10-19-16(3,4)20-13/h11-14H,5-10H2,1-4H3. The molecule has 2 fully saturated rings. The van der Waals surface area contributed by atoms with E-state index < -0.39 is 5.79 Å². The first-order chi connectivity index (χ1) is 9.45. The molecule has 116 valence electrons. The smallest absolute Gasteiger partial charge is 0.309 e. The lowest BCUT2D eigenvalue weighted by Gasteiger charge is -2.19. The van der Waals surface area contributed by atoms with Gasteiger partial charge < -0.3 is 14.2 Å². The minimum atomic E-state index is -0.552. The van der Waals surface area contributed by atoms with Gasteiger partial charge in [-0.05, 0) is 38.5 Å². The Morgan fingerprint density at radius 2 is 2.00 bits per heavy atom. The van der Waals surface area contributed by atoms with Crippen LogP contribution in [0, 0.1) is 17.8 Å². The normalized spacial score (nSPS) is 36.2. The quantitative estimate of drug-likeness (QED) is 0.728. The molecule has 1 saturated heterocycles. The zero-order valence-corrected chi connectivity index (χ0v) is 13.2. The van der Waals surface area contributed by atoms with Gasteiger partial charge in [-0.1, -0.05) is 26.7 Å². The summed E-state index contributed by atoms with van der Waals surface area (Å²) in [5.41, 5.74) is 0. The van der Waals surface area contributed by atoms with Gasteiger partial charge in [-0.3, -0.25) is 4.79 Å². The summed E-state index contributed by atoms with van der Waals surface area (Å²) in [6.45, 7) is 8.94. The van der Waals surface area contributed by atoms with Gasteiger partial charge in [-0.2, -0.15) is 0 Å². The zero-order valence-electron chi connectivity index (χ0n) is 13.2. The molecule has 0 amide bonds. The van der Waals surface area contributed by atoms with Crippen LogP contribution in [0.3, 0.4) is 0 Å². The average molecular weight is 284 g/mol. The zero-order chi connectivity index (χ0) is 14.8. The van der Waals surface area contributed by atoms with E-state index in [1.54, 1.807) is 0 Å². The second-order valence-electron chi connectivity index (χ2n) is 6.60. The fourth-order valence-electron chi connectivity index (χ4n) is 3.44. The van der Waals surface area contributed by atoms with E-state index in [1.165, 1.54) is 6.42 Å². The van der Waals surface area contributed by atoms with Crippen LogP contribution in [0.25, 0.3) is 0 Å². The summed E-state index contributed by atoms with van der Waals surface area (Å²) in [4.78, 5) is 12.3. The maximum Gasteiger partial charge on any atom is 0.309 e. The van der Waals surface area contributed by atoms with Gasteiger partial charge in [0.25, 0.3) is 0 Å². The van der Waals surface area contributed by atoms with Gasteiger partial charge >= 0.3 is 5.97 Å². The molecule has 4 nitrogen and oxygen atoms in total. The molecule has 2 rings (SSSR count). The van der Waals surface area contributed by atoms with Crippen molar-refractivity contribution in [3.63, 3.8) is 0 Å². The van der Waals surface area contributed by atoms with Crippen LogP contribution in [-0.4, -0.2) is 31.1 Å². The fourth-order valence-corrected chi connectivity index (χ4v) is 3.44. The molecule has 1 aliphatic heterocycles. The van der Waals surface area contributed by atoms with E-state index in [1.807, 2.05) is 13.8 Å². The second kappa shape index (κ2) is 6.44. The van der Waals surface area contributed by atoms with Gasteiger partial charge in [0.05, 0.1) is 12.5 Å². The van der Waals surface area contributed by atoms with Gasteiger partial charge in [0, 0.05) is 0 Å². The average Bonchev–Trinajstić information content (AvgIpc) is 2.98. The van der Waals surface area contributed by atoms with Crippen molar-refractivity contribution in [2.24, 2.45) is 17.8 Å². The number of carbonyl (C=O) groups excluding carboxylic acids is 1. The maximum absolute atomic E-state index is 12.3. The van der Waals surface area contributed by atoms with Crippen LogP contribution >= 0.6 is 0 Å². The van der Waals surface area contributed by atoms with E-state index >= 15 is 0 Å². The van der Waals surface area contributed by atoms with Gasteiger partial charge in [-0.15, -0.1) is 0 Å². The number of hydrogen-bond donors (Lipinski definition) is 0. The van der Waals surface area contributed by atoms with Crippen LogP contribution in [0.15, 0.2) is 0 Å². The van der Waals surface area contributed by atoms with E-state index in [2.05, 4.69) is 13.8 Å².